The van der Waals surface area contributed by atoms with E-state index in [1.807, 2.05) is 0 Å². The van der Waals surface area contributed by atoms with E-state index < -0.39 is 0 Å². The molecule has 0 spiro atoms. The molecule has 2 aliphatic rings. The van der Waals surface area contributed by atoms with Crippen LogP contribution in [-0.4, -0.2) is 37.1 Å². The van der Waals surface area contributed by atoms with Crippen molar-refractivity contribution in [3.63, 3.8) is 0 Å². The van der Waals surface area contributed by atoms with Crippen LogP contribution in [0.4, 0.5) is 0 Å². The van der Waals surface area contributed by atoms with Gasteiger partial charge >= 0.3 is 0 Å². The van der Waals surface area contributed by atoms with E-state index in [1.54, 1.807) is 0 Å². The van der Waals surface area contributed by atoms with Crippen molar-refractivity contribution in [2.24, 2.45) is 16.7 Å². The van der Waals surface area contributed by atoms with Crippen LogP contribution in [0.25, 0.3) is 0 Å². The van der Waals surface area contributed by atoms with Crippen molar-refractivity contribution in [1.29, 1.82) is 0 Å². The van der Waals surface area contributed by atoms with E-state index >= 15 is 0 Å². The van der Waals surface area contributed by atoms with Crippen LogP contribution in [0.15, 0.2) is 0 Å². The zero-order chi connectivity index (χ0) is 12.1. The Morgan fingerprint density at radius 1 is 1.19 bits per heavy atom. The maximum absolute atomic E-state index is 3.77. The van der Waals surface area contributed by atoms with Gasteiger partial charge in [0.15, 0.2) is 0 Å². The molecule has 0 aromatic carbocycles. The van der Waals surface area contributed by atoms with E-state index in [2.05, 4.69) is 51.9 Å². The summed E-state index contributed by atoms with van der Waals surface area (Å²) < 4.78 is 0. The van der Waals surface area contributed by atoms with Gasteiger partial charge in [0.2, 0.25) is 0 Å². The van der Waals surface area contributed by atoms with Crippen LogP contribution in [0.5, 0.6) is 0 Å². The quantitative estimate of drug-likeness (QED) is 0.791. The fraction of sp³-hybridized carbons (Fsp3) is 1.00. The van der Waals surface area contributed by atoms with Crippen LogP contribution in [0.3, 0.4) is 0 Å². The zero-order valence-corrected chi connectivity index (χ0v) is 11.8. The average molecular weight is 224 g/mol. The van der Waals surface area contributed by atoms with Crippen LogP contribution in [0, 0.1) is 16.7 Å². The van der Waals surface area contributed by atoms with E-state index in [0.717, 1.165) is 12.0 Å². The molecule has 0 aromatic heterocycles. The highest BCUT2D eigenvalue weighted by molar-refractivity contribution is 5.13. The second-order valence-corrected chi connectivity index (χ2v) is 7.13. The summed E-state index contributed by atoms with van der Waals surface area (Å²) in [6.07, 6.45) is 1.31. The maximum Gasteiger partial charge on any atom is 0.0209 e. The Bertz CT molecular complexity index is 246. The summed E-state index contributed by atoms with van der Waals surface area (Å²) in [5, 5.41) is 3.77. The summed E-state index contributed by atoms with van der Waals surface area (Å²) in [6, 6.07) is 1.46. The largest absolute Gasteiger partial charge is 0.312 e. The van der Waals surface area contributed by atoms with Crippen molar-refractivity contribution in [2.45, 2.75) is 53.1 Å². The van der Waals surface area contributed by atoms with Gasteiger partial charge in [0, 0.05) is 18.6 Å². The summed E-state index contributed by atoms with van der Waals surface area (Å²) in [5.74, 6) is 0.848. The van der Waals surface area contributed by atoms with Gasteiger partial charge in [0.25, 0.3) is 0 Å². The van der Waals surface area contributed by atoms with Crippen molar-refractivity contribution in [2.75, 3.05) is 20.1 Å². The highest BCUT2D eigenvalue weighted by Crippen LogP contribution is 2.67. The molecule has 1 saturated heterocycles. The van der Waals surface area contributed by atoms with Crippen molar-refractivity contribution >= 4 is 0 Å². The first-order valence-corrected chi connectivity index (χ1v) is 6.70. The molecule has 94 valence electrons. The van der Waals surface area contributed by atoms with Crippen LogP contribution in [0.1, 0.15) is 41.0 Å². The van der Waals surface area contributed by atoms with Gasteiger partial charge in [-0.2, -0.15) is 0 Å². The van der Waals surface area contributed by atoms with E-state index in [-0.39, 0.29) is 0 Å². The highest BCUT2D eigenvalue weighted by atomic mass is 15.2. The van der Waals surface area contributed by atoms with Gasteiger partial charge in [-0.1, -0.05) is 27.7 Å². The molecule has 0 bridgehead atoms. The maximum atomic E-state index is 3.77. The van der Waals surface area contributed by atoms with Crippen LogP contribution in [-0.2, 0) is 0 Å². The Morgan fingerprint density at radius 3 is 2.12 bits per heavy atom. The lowest BCUT2D eigenvalue weighted by atomic mass is 10.0. The number of likely N-dealkylation sites (N-methyl/N-ethyl adjacent to an activating group) is 1. The molecule has 1 aliphatic carbocycles. The topological polar surface area (TPSA) is 15.3 Å². The number of hydrogen-bond acceptors (Lipinski definition) is 2. The molecule has 2 fully saturated rings. The summed E-state index contributed by atoms with van der Waals surface area (Å²) >= 11 is 0. The Hall–Kier alpha value is -0.0800. The Labute approximate surface area is 101 Å². The smallest absolute Gasteiger partial charge is 0.0209 e. The first-order valence-electron chi connectivity index (χ1n) is 6.70. The lowest BCUT2D eigenvalue weighted by Crippen LogP contribution is -2.33. The molecule has 0 amide bonds. The Kier molecular flexibility index (Phi) is 2.87. The number of hydrogen-bond donors (Lipinski definition) is 1. The molecule has 1 saturated carbocycles. The van der Waals surface area contributed by atoms with E-state index in [0.29, 0.717) is 16.9 Å². The molecule has 0 radical (unpaired) electrons. The lowest BCUT2D eigenvalue weighted by molar-refractivity contribution is 0.326. The van der Waals surface area contributed by atoms with Gasteiger partial charge in [-0.25, -0.2) is 0 Å². The molecule has 2 rings (SSSR count). The number of likely N-dealkylation sites (tertiary alicyclic amines) is 1. The molecule has 1 N–H and O–H groups in total. The minimum atomic E-state index is 0.524. The van der Waals surface area contributed by atoms with Crippen molar-refractivity contribution in [1.82, 2.24) is 10.2 Å². The third-order valence-corrected chi connectivity index (χ3v) is 5.82. The molecular formula is C14H28N2. The van der Waals surface area contributed by atoms with E-state index in [9.17, 15) is 0 Å². The summed E-state index contributed by atoms with van der Waals surface area (Å²) in [7, 11) is 2.23. The van der Waals surface area contributed by atoms with Gasteiger partial charge in [0.1, 0.15) is 0 Å². The number of nitrogens with one attached hydrogen (secondary N) is 1. The van der Waals surface area contributed by atoms with Gasteiger partial charge in [-0.05, 0) is 43.7 Å². The molecule has 16 heavy (non-hydrogen) atoms. The van der Waals surface area contributed by atoms with E-state index in [1.165, 1.54) is 19.5 Å². The molecule has 2 atom stereocenters. The fourth-order valence-electron chi connectivity index (χ4n) is 3.47. The normalized spacial score (nSPS) is 37.9. The van der Waals surface area contributed by atoms with Gasteiger partial charge in [-0.15, -0.1) is 0 Å². The average Bonchev–Trinajstić information content (AvgIpc) is 2.39. The van der Waals surface area contributed by atoms with Gasteiger partial charge < -0.3 is 10.2 Å². The first kappa shape index (κ1) is 12.4. The molecule has 2 heteroatoms. The minimum absolute atomic E-state index is 0.524. The Morgan fingerprint density at radius 2 is 1.75 bits per heavy atom. The molecule has 0 aromatic rings. The predicted molar refractivity (Wildman–Crippen MR) is 69.6 cm³/mol. The molecule has 1 aliphatic heterocycles. The third kappa shape index (κ3) is 1.80. The summed E-state index contributed by atoms with van der Waals surface area (Å²) in [6.45, 7) is 14.4. The summed E-state index contributed by atoms with van der Waals surface area (Å²) in [5.41, 5.74) is 1.05. The van der Waals surface area contributed by atoms with Gasteiger partial charge in [-0.3, -0.25) is 0 Å². The Balaban J connectivity index is 1.78. The van der Waals surface area contributed by atoms with Crippen molar-refractivity contribution < 1.29 is 0 Å². The molecule has 1 heterocycles. The molecular weight excluding hydrogens is 196 g/mol. The van der Waals surface area contributed by atoms with Crippen molar-refractivity contribution in [3.8, 4) is 0 Å². The van der Waals surface area contributed by atoms with Crippen LogP contribution in [0.2, 0.25) is 0 Å². The standard InChI is InChI=1S/C14H28N2/c1-10-7-11(9-16(10)6)15-8-12-13(2,3)14(12,4)5/h10-12,15H,7-9H2,1-6H3. The third-order valence-electron chi connectivity index (χ3n) is 5.82. The summed E-state index contributed by atoms with van der Waals surface area (Å²) in [4.78, 5) is 2.46. The highest BCUT2D eigenvalue weighted by Gasteiger charge is 2.63. The molecule has 2 nitrogen and oxygen atoms in total. The SMILES string of the molecule is CC1CC(NCC2C(C)(C)C2(C)C)CN1C. The first-order chi connectivity index (χ1) is 7.26. The second kappa shape index (κ2) is 3.71. The van der Waals surface area contributed by atoms with Crippen LogP contribution >= 0.6 is 0 Å². The second-order valence-electron chi connectivity index (χ2n) is 7.13. The van der Waals surface area contributed by atoms with E-state index in [4.69, 9.17) is 0 Å². The lowest BCUT2D eigenvalue weighted by Gasteiger charge is -2.14. The van der Waals surface area contributed by atoms with Gasteiger partial charge in [0.05, 0.1) is 0 Å². The zero-order valence-electron chi connectivity index (χ0n) is 11.8. The minimum Gasteiger partial charge on any atom is -0.312 e. The predicted octanol–water partition coefficient (Wildman–Crippen LogP) is 2.35. The number of nitrogens with zero attached hydrogens (tertiary/aromatic N) is 1. The monoisotopic (exact) mass is 224 g/mol. The molecule has 2 unspecified atom stereocenters. The van der Waals surface area contributed by atoms with Crippen LogP contribution < -0.4 is 5.32 Å². The fourth-order valence-corrected chi connectivity index (χ4v) is 3.47. The van der Waals surface area contributed by atoms with Crippen molar-refractivity contribution in [3.05, 3.63) is 0 Å². The number of rotatable bonds is 3.